The normalized spacial score (nSPS) is 18.2. The van der Waals surface area contributed by atoms with E-state index in [1.807, 2.05) is 0 Å². The highest BCUT2D eigenvalue weighted by atomic mass is 19.2. The van der Waals surface area contributed by atoms with Crippen molar-refractivity contribution in [2.24, 2.45) is 0 Å². The van der Waals surface area contributed by atoms with Crippen LogP contribution >= 0.6 is 0 Å². The maximum atomic E-state index is 15.1. The predicted octanol–water partition coefficient (Wildman–Crippen LogP) is 5.73. The van der Waals surface area contributed by atoms with Gasteiger partial charge in [0.05, 0.1) is 5.57 Å². The summed E-state index contributed by atoms with van der Waals surface area (Å²) in [5.74, 6) is 0. The smallest absolute Gasteiger partial charge is 0.396 e. The van der Waals surface area contributed by atoms with E-state index in [0.717, 1.165) is 20.1 Å². The lowest BCUT2D eigenvalue weighted by atomic mass is 9.77. The second-order valence-corrected chi connectivity index (χ2v) is 9.86. The Morgan fingerprint density at radius 3 is 2.11 bits per heavy atom. The molecule has 0 saturated heterocycles. The first-order chi connectivity index (χ1) is 12.9. The fraction of sp³-hybridized carbons (Fsp3) is 0.348. The van der Waals surface area contributed by atoms with Crippen LogP contribution in [0, 0.1) is 0 Å². The molecule has 0 amide bonds. The summed E-state index contributed by atoms with van der Waals surface area (Å²) in [6.45, 7) is 9.25. The van der Waals surface area contributed by atoms with Crippen LogP contribution in [0.2, 0.25) is 0 Å². The summed E-state index contributed by atoms with van der Waals surface area (Å²) >= 11 is 0. The van der Waals surface area contributed by atoms with Crippen LogP contribution in [0.4, 0.5) is 8.63 Å². The molecular formula is C23H27BF2N2. The van der Waals surface area contributed by atoms with Crippen LogP contribution in [-0.2, 0) is 10.8 Å². The summed E-state index contributed by atoms with van der Waals surface area (Å²) in [5, 5.41) is 0. The fourth-order valence-electron chi connectivity index (χ4n) is 3.95. The van der Waals surface area contributed by atoms with Gasteiger partial charge in [-0.3, -0.25) is 0 Å². The van der Waals surface area contributed by atoms with Gasteiger partial charge in [0.2, 0.25) is 0 Å². The number of aromatic nitrogens is 1. The number of halogens is 2. The van der Waals surface area contributed by atoms with E-state index < -0.39 is 6.97 Å². The molecule has 0 aliphatic carbocycles. The van der Waals surface area contributed by atoms with E-state index in [1.54, 1.807) is 24.3 Å². The number of hydrogen-bond acceptors (Lipinski definition) is 0. The minimum atomic E-state index is -3.87. The van der Waals surface area contributed by atoms with E-state index >= 15 is 8.63 Å². The molecule has 28 heavy (non-hydrogen) atoms. The Kier molecular flexibility index (Phi) is 3.91. The van der Waals surface area contributed by atoms with E-state index in [2.05, 4.69) is 59.7 Å². The maximum absolute atomic E-state index is 15.1. The third kappa shape index (κ3) is 2.79. The van der Waals surface area contributed by atoms with Gasteiger partial charge in [-0.25, -0.2) is 0 Å². The molecule has 0 unspecified atom stereocenters. The molecule has 0 N–H and O–H groups in total. The van der Waals surface area contributed by atoms with Crippen molar-refractivity contribution in [1.82, 2.24) is 4.48 Å². The Balaban J connectivity index is 2.04. The van der Waals surface area contributed by atoms with Gasteiger partial charge in [0.25, 0.3) is 0 Å². The number of benzene rings is 1. The van der Waals surface area contributed by atoms with Gasteiger partial charge >= 0.3 is 6.97 Å². The maximum Gasteiger partial charge on any atom is 0.737 e. The number of fused-ring (bicyclic) bond motifs is 2. The number of rotatable bonds is 1. The van der Waals surface area contributed by atoms with E-state index in [-0.39, 0.29) is 10.8 Å². The lowest BCUT2D eigenvalue weighted by Gasteiger charge is -2.32. The first-order valence-corrected chi connectivity index (χ1v) is 9.81. The molecule has 5 heteroatoms. The van der Waals surface area contributed by atoms with E-state index in [9.17, 15) is 0 Å². The van der Waals surface area contributed by atoms with Gasteiger partial charge in [0.15, 0.2) is 5.70 Å². The Bertz CT molecular complexity index is 1020. The van der Waals surface area contributed by atoms with Gasteiger partial charge in [-0.1, -0.05) is 59.7 Å². The van der Waals surface area contributed by atoms with Crippen molar-refractivity contribution in [2.75, 3.05) is 0 Å². The highest BCUT2D eigenvalue weighted by Crippen LogP contribution is 2.41. The van der Waals surface area contributed by atoms with Crippen molar-refractivity contribution in [3.05, 3.63) is 76.8 Å². The summed E-state index contributed by atoms with van der Waals surface area (Å²) in [5.41, 5.74) is 5.33. The Labute approximate surface area is 165 Å². The highest BCUT2D eigenvalue weighted by molar-refractivity contribution is 6.57. The van der Waals surface area contributed by atoms with Gasteiger partial charge in [-0.2, -0.15) is 0 Å². The quantitative estimate of drug-likeness (QED) is 0.558. The molecule has 0 saturated carbocycles. The third-order valence-corrected chi connectivity index (χ3v) is 5.69. The highest BCUT2D eigenvalue weighted by Gasteiger charge is 2.51. The molecule has 2 nitrogen and oxygen atoms in total. The summed E-state index contributed by atoms with van der Waals surface area (Å²) in [4.78, 5) is 0. The molecule has 4 rings (SSSR count). The SMILES string of the molecule is CC(C)(C)c1cc(C2=C3C=CC=[N+]3[B-](F)(F)n3cccc32)cc(C(C)(C)C)c1. The molecule has 1 aromatic carbocycles. The first-order valence-electron chi connectivity index (χ1n) is 9.81. The van der Waals surface area contributed by atoms with Gasteiger partial charge < -0.3 is 17.6 Å². The standard InChI is InChI=1S/C23H27BF2N2/c1-22(2,3)17-13-16(14-18(15-17)23(4,5)6)21-19-9-7-11-27(19)24(25,26)28-12-8-10-20(21)28/h7-15H,1-6H3. The number of hydrogen-bond donors (Lipinski definition) is 0. The summed E-state index contributed by atoms with van der Waals surface area (Å²) < 4.78 is 32.4. The van der Waals surface area contributed by atoms with E-state index in [0.29, 0.717) is 11.4 Å². The molecule has 2 aliphatic heterocycles. The molecule has 2 aliphatic rings. The average Bonchev–Trinajstić information content (AvgIpc) is 3.23. The summed E-state index contributed by atoms with van der Waals surface area (Å²) in [7, 11) is 0. The topological polar surface area (TPSA) is 7.94 Å². The molecule has 3 heterocycles. The Morgan fingerprint density at radius 2 is 1.54 bits per heavy atom. The molecule has 2 aromatic rings. The average molecular weight is 380 g/mol. The van der Waals surface area contributed by atoms with Crippen LogP contribution < -0.4 is 0 Å². The van der Waals surface area contributed by atoms with Crippen LogP contribution in [0.5, 0.6) is 0 Å². The van der Waals surface area contributed by atoms with Gasteiger partial charge in [0.1, 0.15) is 6.21 Å². The van der Waals surface area contributed by atoms with Gasteiger partial charge in [-0.15, -0.1) is 0 Å². The minimum Gasteiger partial charge on any atom is -0.396 e. The van der Waals surface area contributed by atoms with Crippen molar-refractivity contribution in [2.45, 2.75) is 52.4 Å². The zero-order valence-electron chi connectivity index (χ0n) is 17.4. The van der Waals surface area contributed by atoms with Crippen molar-refractivity contribution in [3.63, 3.8) is 0 Å². The van der Waals surface area contributed by atoms with Crippen LogP contribution in [-0.4, -0.2) is 22.1 Å². The van der Waals surface area contributed by atoms with E-state index in [1.165, 1.54) is 23.5 Å². The van der Waals surface area contributed by atoms with Gasteiger partial charge in [0, 0.05) is 17.8 Å². The van der Waals surface area contributed by atoms with Crippen molar-refractivity contribution < 1.29 is 13.1 Å². The van der Waals surface area contributed by atoms with Crippen LogP contribution in [0.3, 0.4) is 0 Å². The molecule has 0 bridgehead atoms. The Hall–Kier alpha value is -2.43. The monoisotopic (exact) mass is 380 g/mol. The molecule has 1 aromatic heterocycles. The second-order valence-electron chi connectivity index (χ2n) is 9.86. The third-order valence-electron chi connectivity index (χ3n) is 5.69. The molecular weight excluding hydrogens is 353 g/mol. The lowest BCUT2D eigenvalue weighted by molar-refractivity contribution is -0.356. The lowest BCUT2D eigenvalue weighted by Crippen LogP contribution is -2.49. The molecule has 0 atom stereocenters. The fourth-order valence-corrected chi connectivity index (χ4v) is 3.95. The Morgan fingerprint density at radius 1 is 0.929 bits per heavy atom. The van der Waals surface area contributed by atoms with Crippen molar-refractivity contribution in [1.29, 1.82) is 0 Å². The zero-order chi connectivity index (χ0) is 20.5. The molecule has 0 spiro atoms. The largest absolute Gasteiger partial charge is 0.737 e. The molecule has 0 fully saturated rings. The summed E-state index contributed by atoms with van der Waals surface area (Å²) in [6.07, 6.45) is 6.46. The molecule has 146 valence electrons. The van der Waals surface area contributed by atoms with Crippen molar-refractivity contribution in [3.8, 4) is 0 Å². The minimum absolute atomic E-state index is 0.0386. The first kappa shape index (κ1) is 18.9. The summed E-state index contributed by atoms with van der Waals surface area (Å²) in [6, 6.07) is 10.1. The zero-order valence-corrected chi connectivity index (χ0v) is 17.4. The number of allylic oxidation sites excluding steroid dienone is 2. The van der Waals surface area contributed by atoms with Crippen LogP contribution in [0.1, 0.15) is 63.9 Å². The molecule has 0 radical (unpaired) electrons. The van der Waals surface area contributed by atoms with Gasteiger partial charge in [-0.05, 0) is 45.8 Å². The van der Waals surface area contributed by atoms with E-state index in [4.69, 9.17) is 0 Å². The van der Waals surface area contributed by atoms with Crippen LogP contribution in [0.25, 0.3) is 5.57 Å². The number of nitrogens with zero attached hydrogens (tertiary/aromatic N) is 2. The van der Waals surface area contributed by atoms with Crippen molar-refractivity contribution >= 4 is 18.8 Å². The van der Waals surface area contributed by atoms with Crippen LogP contribution in [0.15, 0.2) is 54.4 Å². The predicted molar refractivity (Wildman–Crippen MR) is 113 cm³/mol. The second kappa shape index (κ2) is 5.79.